The highest BCUT2D eigenvalue weighted by Crippen LogP contribution is 2.36. The van der Waals surface area contributed by atoms with Gasteiger partial charge in [0, 0.05) is 10.9 Å². The van der Waals surface area contributed by atoms with Crippen LogP contribution in [0.25, 0.3) is 0 Å². The molecule has 2 rings (SSSR count). The molecule has 1 N–H and O–H groups in total. The quantitative estimate of drug-likeness (QED) is 0.854. The van der Waals surface area contributed by atoms with Crippen LogP contribution in [0.3, 0.4) is 0 Å². The van der Waals surface area contributed by atoms with Crippen molar-refractivity contribution < 1.29 is 9.90 Å². The number of rotatable bonds is 4. The molecule has 0 aliphatic rings. The molecule has 104 valence electrons. The third kappa shape index (κ3) is 3.20. The van der Waals surface area contributed by atoms with Crippen LogP contribution in [0.15, 0.2) is 41.4 Å². The van der Waals surface area contributed by atoms with Crippen LogP contribution in [0.5, 0.6) is 0 Å². The standard InChI is InChI=1S/C16H17NO2S/c1-10-9-11(2)17-15(14(10)16(18)19)20-12(3)13-7-5-4-6-8-13/h4-9,12H,1-3H3,(H,18,19). The molecule has 1 aromatic carbocycles. The average molecular weight is 287 g/mol. The monoisotopic (exact) mass is 287 g/mol. The second-order valence-electron chi connectivity index (χ2n) is 4.74. The van der Waals surface area contributed by atoms with E-state index in [1.165, 1.54) is 11.8 Å². The van der Waals surface area contributed by atoms with E-state index in [9.17, 15) is 9.90 Å². The van der Waals surface area contributed by atoms with Crippen molar-refractivity contribution in [3.05, 3.63) is 58.8 Å². The van der Waals surface area contributed by atoms with Crippen molar-refractivity contribution in [3.8, 4) is 0 Å². The zero-order valence-corrected chi connectivity index (χ0v) is 12.6. The van der Waals surface area contributed by atoms with Gasteiger partial charge in [-0.1, -0.05) is 42.1 Å². The Morgan fingerprint density at radius 1 is 1.25 bits per heavy atom. The largest absolute Gasteiger partial charge is 0.478 e. The average Bonchev–Trinajstić information content (AvgIpc) is 2.38. The Bertz CT molecular complexity index is 626. The molecule has 1 unspecified atom stereocenters. The molecule has 4 heteroatoms. The first kappa shape index (κ1) is 14.6. The summed E-state index contributed by atoms with van der Waals surface area (Å²) in [5.74, 6) is -0.919. The number of aromatic nitrogens is 1. The smallest absolute Gasteiger partial charge is 0.338 e. The van der Waals surface area contributed by atoms with Crippen molar-refractivity contribution in [3.63, 3.8) is 0 Å². The molecule has 0 fully saturated rings. The summed E-state index contributed by atoms with van der Waals surface area (Å²) in [5, 5.41) is 10.1. The lowest BCUT2D eigenvalue weighted by Gasteiger charge is -2.14. The topological polar surface area (TPSA) is 50.2 Å². The summed E-state index contributed by atoms with van der Waals surface area (Å²) in [5.41, 5.74) is 3.07. The highest BCUT2D eigenvalue weighted by molar-refractivity contribution is 7.99. The predicted molar refractivity (Wildman–Crippen MR) is 81.4 cm³/mol. The highest BCUT2D eigenvalue weighted by Gasteiger charge is 2.18. The van der Waals surface area contributed by atoms with E-state index >= 15 is 0 Å². The van der Waals surface area contributed by atoms with Crippen molar-refractivity contribution >= 4 is 17.7 Å². The Labute approximate surface area is 123 Å². The van der Waals surface area contributed by atoms with Crippen LogP contribution in [-0.2, 0) is 0 Å². The molecule has 0 aliphatic heterocycles. The van der Waals surface area contributed by atoms with Crippen LogP contribution >= 0.6 is 11.8 Å². The lowest BCUT2D eigenvalue weighted by atomic mass is 10.1. The SMILES string of the molecule is Cc1cc(C)c(C(=O)O)c(SC(C)c2ccccc2)n1. The van der Waals surface area contributed by atoms with Gasteiger partial charge in [0.15, 0.2) is 0 Å². The Morgan fingerprint density at radius 3 is 2.50 bits per heavy atom. The third-order valence-electron chi connectivity index (χ3n) is 3.08. The van der Waals surface area contributed by atoms with Gasteiger partial charge in [0.25, 0.3) is 0 Å². The minimum absolute atomic E-state index is 0.156. The summed E-state index contributed by atoms with van der Waals surface area (Å²) >= 11 is 1.49. The minimum atomic E-state index is -0.919. The van der Waals surface area contributed by atoms with Gasteiger partial charge < -0.3 is 5.11 Å². The minimum Gasteiger partial charge on any atom is -0.478 e. The van der Waals surface area contributed by atoms with Crippen LogP contribution in [0.4, 0.5) is 0 Å². The molecular formula is C16H17NO2S. The fourth-order valence-electron chi connectivity index (χ4n) is 2.11. The molecule has 1 aromatic heterocycles. The van der Waals surface area contributed by atoms with Gasteiger partial charge in [-0.2, -0.15) is 0 Å². The molecule has 3 nitrogen and oxygen atoms in total. The number of aryl methyl sites for hydroxylation is 2. The number of pyridine rings is 1. The third-order valence-corrected chi connectivity index (χ3v) is 4.23. The summed E-state index contributed by atoms with van der Waals surface area (Å²) < 4.78 is 0. The fourth-order valence-corrected chi connectivity index (χ4v) is 3.30. The number of hydrogen-bond acceptors (Lipinski definition) is 3. The summed E-state index contributed by atoms with van der Waals surface area (Å²) in [6.07, 6.45) is 0. The van der Waals surface area contributed by atoms with E-state index in [1.807, 2.05) is 44.2 Å². The van der Waals surface area contributed by atoms with Crippen LogP contribution in [0.1, 0.15) is 39.4 Å². The molecule has 1 heterocycles. The van der Waals surface area contributed by atoms with E-state index < -0.39 is 5.97 Å². The normalized spacial score (nSPS) is 12.2. The van der Waals surface area contributed by atoms with Crippen LogP contribution < -0.4 is 0 Å². The fraction of sp³-hybridized carbons (Fsp3) is 0.250. The Hall–Kier alpha value is -1.81. The van der Waals surface area contributed by atoms with Gasteiger partial charge in [0.1, 0.15) is 5.03 Å². The highest BCUT2D eigenvalue weighted by atomic mass is 32.2. The molecule has 0 saturated heterocycles. The second-order valence-corrected chi connectivity index (χ2v) is 6.07. The number of aromatic carboxylic acids is 1. The lowest BCUT2D eigenvalue weighted by Crippen LogP contribution is -2.06. The maximum Gasteiger partial charge on any atom is 0.338 e. The van der Waals surface area contributed by atoms with E-state index in [0.29, 0.717) is 10.6 Å². The second kappa shape index (κ2) is 6.09. The Morgan fingerprint density at radius 2 is 1.90 bits per heavy atom. The molecular weight excluding hydrogens is 270 g/mol. The van der Waals surface area contributed by atoms with Gasteiger partial charge >= 0.3 is 5.97 Å². The van der Waals surface area contributed by atoms with Gasteiger partial charge in [-0.3, -0.25) is 0 Å². The number of nitrogens with zero attached hydrogens (tertiary/aromatic N) is 1. The first-order valence-corrected chi connectivity index (χ1v) is 7.30. The van der Waals surface area contributed by atoms with E-state index in [0.717, 1.165) is 16.8 Å². The number of carboxylic acid groups (broad SMARTS) is 1. The van der Waals surface area contributed by atoms with Crippen molar-refractivity contribution in [2.24, 2.45) is 0 Å². The molecule has 1 atom stereocenters. The number of carboxylic acids is 1. The maximum absolute atomic E-state index is 11.4. The van der Waals surface area contributed by atoms with E-state index in [-0.39, 0.29) is 5.25 Å². The summed E-state index contributed by atoms with van der Waals surface area (Å²) in [4.78, 5) is 15.8. The molecule has 0 radical (unpaired) electrons. The molecule has 0 spiro atoms. The van der Waals surface area contributed by atoms with E-state index in [1.54, 1.807) is 6.07 Å². The van der Waals surface area contributed by atoms with Gasteiger partial charge in [-0.05, 0) is 38.0 Å². The Kier molecular flexibility index (Phi) is 4.45. The van der Waals surface area contributed by atoms with E-state index in [4.69, 9.17) is 0 Å². The van der Waals surface area contributed by atoms with E-state index in [2.05, 4.69) is 11.9 Å². The van der Waals surface area contributed by atoms with Crippen molar-refractivity contribution in [2.45, 2.75) is 31.0 Å². The number of hydrogen-bond donors (Lipinski definition) is 1. The summed E-state index contributed by atoms with van der Waals surface area (Å²) in [7, 11) is 0. The first-order chi connectivity index (χ1) is 9.49. The van der Waals surface area contributed by atoms with Crippen LogP contribution in [-0.4, -0.2) is 16.1 Å². The molecule has 0 bridgehead atoms. The lowest BCUT2D eigenvalue weighted by molar-refractivity contribution is 0.0691. The van der Waals surface area contributed by atoms with Gasteiger partial charge in [-0.15, -0.1) is 0 Å². The predicted octanol–water partition coefficient (Wildman–Crippen LogP) is 4.25. The number of thioether (sulfide) groups is 1. The summed E-state index contributed by atoms with van der Waals surface area (Å²) in [6.45, 7) is 5.76. The van der Waals surface area contributed by atoms with Crippen molar-refractivity contribution in [1.29, 1.82) is 0 Å². The van der Waals surface area contributed by atoms with Gasteiger partial charge in [-0.25, -0.2) is 9.78 Å². The summed E-state index contributed by atoms with van der Waals surface area (Å²) in [6, 6.07) is 11.8. The molecule has 2 aromatic rings. The van der Waals surface area contributed by atoms with Gasteiger partial charge in [0.2, 0.25) is 0 Å². The van der Waals surface area contributed by atoms with Crippen LogP contribution in [0.2, 0.25) is 0 Å². The molecule has 0 aliphatic carbocycles. The maximum atomic E-state index is 11.4. The number of carbonyl (C=O) groups is 1. The molecule has 20 heavy (non-hydrogen) atoms. The molecule has 0 saturated carbocycles. The van der Waals surface area contributed by atoms with Crippen molar-refractivity contribution in [1.82, 2.24) is 4.98 Å². The number of benzene rings is 1. The zero-order valence-electron chi connectivity index (χ0n) is 11.8. The molecule has 0 amide bonds. The van der Waals surface area contributed by atoms with Crippen molar-refractivity contribution in [2.75, 3.05) is 0 Å². The Balaban J connectivity index is 2.36. The zero-order chi connectivity index (χ0) is 14.7. The first-order valence-electron chi connectivity index (χ1n) is 6.42. The van der Waals surface area contributed by atoms with Crippen LogP contribution in [0, 0.1) is 13.8 Å². The van der Waals surface area contributed by atoms with Gasteiger partial charge in [0.05, 0.1) is 5.56 Å².